The summed E-state index contributed by atoms with van der Waals surface area (Å²) in [6.45, 7) is 2.66. The van der Waals surface area contributed by atoms with Crippen LogP contribution in [0.25, 0.3) is 0 Å². The Kier molecular flexibility index (Phi) is 5.08. The maximum atomic E-state index is 5.90. The predicted molar refractivity (Wildman–Crippen MR) is 106 cm³/mol. The van der Waals surface area contributed by atoms with Gasteiger partial charge in [0.05, 0.1) is 24.6 Å². The molecule has 1 saturated heterocycles. The maximum absolute atomic E-state index is 5.90. The van der Waals surface area contributed by atoms with Gasteiger partial charge in [-0.25, -0.2) is 9.98 Å². The molecule has 1 fully saturated rings. The van der Waals surface area contributed by atoms with Gasteiger partial charge >= 0.3 is 6.02 Å². The molecule has 6 nitrogen and oxygen atoms in total. The van der Waals surface area contributed by atoms with Crippen molar-refractivity contribution in [2.24, 2.45) is 4.99 Å². The lowest BCUT2D eigenvalue weighted by Crippen LogP contribution is -2.33. The van der Waals surface area contributed by atoms with Gasteiger partial charge in [0, 0.05) is 11.8 Å². The molecule has 2 N–H and O–H groups in total. The lowest BCUT2D eigenvalue weighted by molar-refractivity contribution is 0.235. The molecule has 0 amide bonds. The van der Waals surface area contributed by atoms with Gasteiger partial charge < -0.3 is 9.30 Å². The molecular formula is C19H22BrN5O. The molecule has 2 heterocycles. The maximum Gasteiger partial charge on any atom is 0.301 e. The Morgan fingerprint density at radius 2 is 2.31 bits per heavy atom. The van der Waals surface area contributed by atoms with E-state index in [-0.39, 0.29) is 6.23 Å². The Labute approximate surface area is 161 Å². The molecule has 1 aliphatic heterocycles. The Bertz CT molecular complexity index is 833. The molecule has 4 rings (SSSR count). The van der Waals surface area contributed by atoms with Crippen LogP contribution in [0.4, 0.5) is 0 Å². The minimum Gasteiger partial charge on any atom is -0.439 e. The average Bonchev–Trinajstić information content (AvgIpc) is 3.31. The standard InChI is InChI=1S/C19H22BrN5O/c1-13-11-25(12-22-13)17-8-4-15(5-9-17)18-23-24-19(26-18)21-10-14-2-6-16(20)7-3-14/h2,4-6,8,11-12,17-18,23H,3,7,9-10H2,1H3,(H,21,24). The number of nitrogens with zero attached hydrogens (tertiary/aromatic N) is 3. The fourth-order valence-corrected chi connectivity index (χ4v) is 3.48. The molecule has 2 aliphatic carbocycles. The van der Waals surface area contributed by atoms with Crippen LogP contribution in [0.1, 0.15) is 31.0 Å². The summed E-state index contributed by atoms with van der Waals surface area (Å²) in [5.41, 5.74) is 9.64. The van der Waals surface area contributed by atoms with Crippen LogP contribution in [0, 0.1) is 6.92 Å². The Balaban J connectivity index is 1.32. The van der Waals surface area contributed by atoms with Crippen LogP contribution < -0.4 is 10.9 Å². The minimum absolute atomic E-state index is 0.204. The number of aliphatic imine (C=N–C) groups is 1. The third kappa shape index (κ3) is 3.99. The van der Waals surface area contributed by atoms with Crippen LogP contribution in [0.3, 0.4) is 0 Å². The van der Waals surface area contributed by atoms with Crippen LogP contribution in [-0.2, 0) is 4.74 Å². The molecule has 0 bridgehead atoms. The zero-order valence-electron chi connectivity index (χ0n) is 14.7. The molecule has 2 unspecified atom stereocenters. The first kappa shape index (κ1) is 17.3. The molecule has 1 aromatic heterocycles. The number of hydrazine groups is 1. The molecule has 1 aromatic rings. The molecule has 7 heteroatoms. The molecule has 26 heavy (non-hydrogen) atoms. The van der Waals surface area contributed by atoms with Crippen LogP contribution in [0.2, 0.25) is 0 Å². The van der Waals surface area contributed by atoms with E-state index in [2.05, 4.69) is 77.9 Å². The highest BCUT2D eigenvalue weighted by Gasteiger charge is 2.25. The number of aromatic nitrogens is 2. The highest BCUT2D eigenvalue weighted by molar-refractivity contribution is 9.11. The highest BCUT2D eigenvalue weighted by atomic mass is 79.9. The monoisotopic (exact) mass is 415 g/mol. The first-order valence-electron chi connectivity index (χ1n) is 8.82. The van der Waals surface area contributed by atoms with Crippen molar-refractivity contribution in [3.63, 3.8) is 0 Å². The van der Waals surface area contributed by atoms with Gasteiger partial charge in [-0.3, -0.25) is 5.43 Å². The zero-order chi connectivity index (χ0) is 17.9. The van der Waals surface area contributed by atoms with Crippen molar-refractivity contribution in [3.8, 4) is 0 Å². The quantitative estimate of drug-likeness (QED) is 0.790. The topological polar surface area (TPSA) is 63.5 Å². The van der Waals surface area contributed by atoms with Crippen molar-refractivity contribution < 1.29 is 4.74 Å². The number of aryl methyl sites for hydroxylation is 1. The fourth-order valence-electron chi connectivity index (χ4n) is 3.15. The van der Waals surface area contributed by atoms with Gasteiger partial charge in [0.1, 0.15) is 0 Å². The number of halogens is 1. The fraction of sp³-hybridized carbons (Fsp3) is 0.368. The van der Waals surface area contributed by atoms with E-state index in [4.69, 9.17) is 4.74 Å². The molecule has 0 aromatic carbocycles. The van der Waals surface area contributed by atoms with E-state index >= 15 is 0 Å². The van der Waals surface area contributed by atoms with Crippen molar-refractivity contribution in [3.05, 3.63) is 64.2 Å². The van der Waals surface area contributed by atoms with E-state index in [1.807, 2.05) is 13.3 Å². The third-order valence-corrected chi connectivity index (χ3v) is 5.33. The predicted octanol–water partition coefficient (Wildman–Crippen LogP) is 3.42. The van der Waals surface area contributed by atoms with Crippen molar-refractivity contribution >= 4 is 22.0 Å². The first-order chi connectivity index (χ1) is 12.7. The lowest BCUT2D eigenvalue weighted by atomic mass is 10.0. The zero-order valence-corrected chi connectivity index (χ0v) is 16.2. The number of rotatable bonds is 4. The summed E-state index contributed by atoms with van der Waals surface area (Å²) in [4.78, 5) is 8.82. The van der Waals surface area contributed by atoms with E-state index < -0.39 is 0 Å². The smallest absolute Gasteiger partial charge is 0.301 e. The second-order valence-corrected chi connectivity index (χ2v) is 7.67. The second-order valence-electron chi connectivity index (χ2n) is 6.66. The molecule has 0 saturated carbocycles. The van der Waals surface area contributed by atoms with Crippen LogP contribution in [-0.4, -0.2) is 28.3 Å². The molecule has 136 valence electrons. The molecule has 0 radical (unpaired) electrons. The summed E-state index contributed by atoms with van der Waals surface area (Å²) in [6.07, 6.45) is 17.5. The van der Waals surface area contributed by atoms with Crippen molar-refractivity contribution in [2.75, 3.05) is 6.54 Å². The number of allylic oxidation sites excluding steroid dienone is 5. The first-order valence-corrected chi connectivity index (χ1v) is 9.62. The molecule has 2 atom stereocenters. The summed E-state index contributed by atoms with van der Waals surface area (Å²) in [5, 5.41) is 0. The van der Waals surface area contributed by atoms with Crippen LogP contribution in [0.15, 0.2) is 63.5 Å². The Hall–Kier alpha value is -2.12. The Morgan fingerprint density at radius 1 is 1.38 bits per heavy atom. The van der Waals surface area contributed by atoms with E-state index in [0.29, 0.717) is 18.6 Å². The highest BCUT2D eigenvalue weighted by Crippen LogP contribution is 2.25. The van der Waals surface area contributed by atoms with Gasteiger partial charge in [-0.15, -0.1) is 0 Å². The number of nitrogens with one attached hydrogen (secondary N) is 2. The minimum atomic E-state index is -0.204. The van der Waals surface area contributed by atoms with E-state index in [0.717, 1.165) is 30.5 Å². The van der Waals surface area contributed by atoms with Gasteiger partial charge in [-0.05, 0) is 36.2 Å². The van der Waals surface area contributed by atoms with Crippen LogP contribution >= 0.6 is 15.9 Å². The van der Waals surface area contributed by atoms with Gasteiger partial charge in [-0.2, -0.15) is 5.43 Å². The number of hydrogen-bond donors (Lipinski definition) is 2. The summed E-state index contributed by atoms with van der Waals surface area (Å²) in [6, 6.07) is 0.860. The largest absolute Gasteiger partial charge is 0.439 e. The molecule has 0 spiro atoms. The average molecular weight is 416 g/mol. The number of hydrogen-bond acceptors (Lipinski definition) is 4. The SMILES string of the molecule is Cc1cn(C2C=CC(C3NNC(=NCC4=CC=C(Br)CC4)O3)=CC2)cn1. The second kappa shape index (κ2) is 7.63. The number of imidazole rings is 1. The normalized spacial score (nSPS) is 26.8. The molecular weight excluding hydrogens is 394 g/mol. The van der Waals surface area contributed by atoms with Crippen LogP contribution in [0.5, 0.6) is 0 Å². The van der Waals surface area contributed by atoms with Gasteiger partial charge in [0.25, 0.3) is 0 Å². The van der Waals surface area contributed by atoms with Crippen molar-refractivity contribution in [2.45, 2.75) is 38.5 Å². The third-order valence-electron chi connectivity index (χ3n) is 4.67. The molecule has 3 aliphatic rings. The number of amidine groups is 1. The van der Waals surface area contributed by atoms with Crippen molar-refractivity contribution in [1.29, 1.82) is 0 Å². The van der Waals surface area contributed by atoms with E-state index in [1.54, 1.807) is 0 Å². The summed E-state index contributed by atoms with van der Waals surface area (Å²) < 4.78 is 9.27. The van der Waals surface area contributed by atoms with Gasteiger partial charge in [0.15, 0.2) is 6.23 Å². The van der Waals surface area contributed by atoms with Gasteiger partial charge in [0.2, 0.25) is 0 Å². The lowest BCUT2D eigenvalue weighted by Gasteiger charge is -2.19. The van der Waals surface area contributed by atoms with E-state index in [9.17, 15) is 0 Å². The summed E-state index contributed by atoms with van der Waals surface area (Å²) in [7, 11) is 0. The van der Waals surface area contributed by atoms with Gasteiger partial charge in [-0.1, -0.05) is 46.3 Å². The van der Waals surface area contributed by atoms with E-state index in [1.165, 1.54) is 10.1 Å². The Morgan fingerprint density at radius 3 is 3.00 bits per heavy atom. The summed E-state index contributed by atoms with van der Waals surface area (Å²) >= 11 is 3.52. The number of ether oxygens (including phenoxy) is 1. The van der Waals surface area contributed by atoms with Crippen molar-refractivity contribution in [1.82, 2.24) is 20.4 Å². The summed E-state index contributed by atoms with van der Waals surface area (Å²) in [5.74, 6) is 0.